The van der Waals surface area contributed by atoms with Gasteiger partial charge in [0.25, 0.3) is 0 Å². The predicted octanol–water partition coefficient (Wildman–Crippen LogP) is -4.34. The molecule has 284 valence electrons. The molecule has 0 rings (SSSR count). The van der Waals surface area contributed by atoms with Gasteiger partial charge in [0.1, 0.15) is 30.2 Å². The van der Waals surface area contributed by atoms with Crippen molar-refractivity contribution in [2.45, 2.75) is 113 Å². The summed E-state index contributed by atoms with van der Waals surface area (Å²) in [7, 11) is 0. The van der Waals surface area contributed by atoms with Gasteiger partial charge in [0.15, 0.2) is 0 Å². The van der Waals surface area contributed by atoms with Crippen LogP contribution < -0.4 is 61.0 Å². The van der Waals surface area contributed by atoms with E-state index in [9.17, 15) is 33.9 Å². The number of nitrogens with two attached hydrogens (primary N) is 6. The molecule has 0 aliphatic rings. The summed E-state index contributed by atoms with van der Waals surface area (Å²) in [5, 5.41) is 22.6. The minimum atomic E-state index is -1.40. The molecule has 0 fully saturated rings. The minimum Gasteiger partial charge on any atom is -0.394 e. The Balaban J connectivity index is 6.06. The van der Waals surface area contributed by atoms with E-state index in [-0.39, 0.29) is 31.4 Å². The van der Waals surface area contributed by atoms with E-state index in [1.807, 2.05) is 0 Å². The van der Waals surface area contributed by atoms with Crippen molar-refractivity contribution in [3.63, 3.8) is 0 Å². The van der Waals surface area contributed by atoms with E-state index in [1.54, 1.807) is 0 Å². The minimum absolute atomic E-state index is 0.000611. The van der Waals surface area contributed by atoms with Crippen LogP contribution in [0.2, 0.25) is 0 Å². The molecule has 49 heavy (non-hydrogen) atoms. The van der Waals surface area contributed by atoms with Gasteiger partial charge in [0.2, 0.25) is 35.4 Å². The molecule has 0 radical (unpaired) electrons. The number of carbonyl (C=O) groups is 6. The summed E-state index contributed by atoms with van der Waals surface area (Å²) in [6.45, 7) is 0.683. The first kappa shape index (κ1) is 45.9. The fourth-order valence-electron chi connectivity index (χ4n) is 4.71. The number of hydrogen-bond acceptors (Lipinski definition) is 13. The summed E-state index contributed by atoms with van der Waals surface area (Å²) in [5.74, 6) is -4.26. The van der Waals surface area contributed by atoms with E-state index in [0.717, 1.165) is 0 Å². The van der Waals surface area contributed by atoms with Crippen molar-refractivity contribution < 1.29 is 33.9 Å². The average Bonchev–Trinajstić information content (AvgIpc) is 3.08. The highest BCUT2D eigenvalue weighted by Crippen LogP contribution is 2.09. The Morgan fingerprint density at radius 3 is 1.06 bits per heavy atom. The van der Waals surface area contributed by atoms with Crippen LogP contribution in [-0.2, 0) is 28.8 Å². The molecule has 0 unspecified atom stereocenters. The molecule has 0 saturated heterocycles. The van der Waals surface area contributed by atoms with Crippen molar-refractivity contribution in [1.82, 2.24) is 26.6 Å². The maximum atomic E-state index is 13.7. The number of carbonyl (C=O) groups excluding carboxylic acids is 6. The van der Waals surface area contributed by atoms with Crippen LogP contribution in [0.1, 0.15) is 77.0 Å². The van der Waals surface area contributed by atoms with Gasteiger partial charge in [-0.3, -0.25) is 28.8 Å². The van der Waals surface area contributed by atoms with E-state index in [4.69, 9.17) is 34.4 Å². The van der Waals surface area contributed by atoms with Crippen LogP contribution in [0, 0.1) is 0 Å². The van der Waals surface area contributed by atoms with E-state index in [0.29, 0.717) is 77.5 Å². The number of amides is 6. The van der Waals surface area contributed by atoms with Crippen molar-refractivity contribution in [2.24, 2.45) is 34.4 Å². The number of thiol groups is 1. The fourth-order valence-corrected chi connectivity index (χ4v) is 4.87. The van der Waals surface area contributed by atoms with E-state index in [1.165, 1.54) is 0 Å². The van der Waals surface area contributed by atoms with Gasteiger partial charge in [-0.1, -0.05) is 0 Å². The molecule has 6 atom stereocenters. The van der Waals surface area contributed by atoms with E-state index in [2.05, 4.69) is 39.2 Å². The summed E-state index contributed by atoms with van der Waals surface area (Å²) in [5.41, 5.74) is 33.6. The Morgan fingerprint density at radius 2 is 0.776 bits per heavy atom. The molecule has 0 spiro atoms. The molecule has 0 aromatic heterocycles. The Hall–Kier alpha value is -3.07. The maximum absolute atomic E-state index is 13.7. The third kappa shape index (κ3) is 19.6. The highest BCUT2D eigenvalue weighted by Gasteiger charge is 2.32. The second-order valence-corrected chi connectivity index (χ2v) is 12.2. The topological polar surface area (TPSA) is 339 Å². The van der Waals surface area contributed by atoms with Crippen LogP contribution in [0.15, 0.2) is 0 Å². The zero-order chi connectivity index (χ0) is 37.2. The van der Waals surface area contributed by atoms with Gasteiger partial charge in [-0.15, -0.1) is 0 Å². The van der Waals surface area contributed by atoms with Crippen molar-refractivity contribution in [3.05, 3.63) is 0 Å². The molecule has 19 heteroatoms. The lowest BCUT2D eigenvalue weighted by Crippen LogP contribution is -2.60. The van der Waals surface area contributed by atoms with Gasteiger partial charge >= 0.3 is 0 Å². The lowest BCUT2D eigenvalue weighted by atomic mass is 10.0. The molecule has 0 bridgehead atoms. The summed E-state index contributed by atoms with van der Waals surface area (Å²) in [4.78, 5) is 77.8. The number of unbranched alkanes of at least 4 members (excludes halogenated alkanes) is 4. The zero-order valence-electron chi connectivity index (χ0n) is 28.5. The van der Waals surface area contributed by atoms with Gasteiger partial charge in [-0.2, -0.15) is 12.6 Å². The monoisotopic (exact) mass is 719 g/mol. The number of rotatable bonds is 29. The molecule has 0 aromatic carbocycles. The molecule has 18 nitrogen and oxygen atoms in total. The third-order valence-electron chi connectivity index (χ3n) is 7.70. The number of aliphatic hydroxyl groups is 1. The third-order valence-corrected chi connectivity index (χ3v) is 8.09. The Kier molecular flexibility index (Phi) is 26.0. The number of hydrogen-bond donors (Lipinski definition) is 13. The smallest absolute Gasteiger partial charge is 0.245 e. The standard InChI is InChI=1S/C30H61N11O7S/c31-13-5-1-9-20(25(36)43)37-27(45)21(10-2-6-14-32)38-28(46)22(11-3-7-15-33)39-29(47)23(12-4-8-16-34)40-30(48)24(17-42)41-26(44)19(35)18-49/h19-24,42,49H,1-18,31-35H2,(H2,36,43)(H,37,45)(H,38,46)(H,39,47)(H,40,48)(H,41,44)/t19-,20-,21-,22-,23-,24-/m0/s1. The summed E-state index contributed by atoms with van der Waals surface area (Å²) in [6, 6.07) is -6.76. The molecule has 0 aliphatic carbocycles. The SMILES string of the molecule is NCCCC[C@H](NC(=O)[C@H](CCCCN)NC(=O)[C@H](CCCCN)NC(=O)[C@H](CCCCN)NC(=O)[C@H](CO)NC(=O)[C@@H](N)CS)C(N)=O. The Labute approximate surface area is 294 Å². The summed E-state index contributed by atoms with van der Waals surface area (Å²) in [6.07, 6.45) is 5.02. The van der Waals surface area contributed by atoms with Crippen LogP contribution in [0.25, 0.3) is 0 Å². The predicted molar refractivity (Wildman–Crippen MR) is 189 cm³/mol. The first-order chi connectivity index (χ1) is 23.4. The van der Waals surface area contributed by atoms with Crippen LogP contribution >= 0.6 is 12.6 Å². The Bertz CT molecular complexity index is 1010. The fraction of sp³-hybridized carbons (Fsp3) is 0.800. The highest BCUT2D eigenvalue weighted by atomic mass is 32.1. The van der Waals surface area contributed by atoms with Crippen molar-refractivity contribution >= 4 is 48.1 Å². The van der Waals surface area contributed by atoms with Crippen molar-refractivity contribution in [3.8, 4) is 0 Å². The largest absolute Gasteiger partial charge is 0.394 e. The summed E-state index contributed by atoms with van der Waals surface area (Å²) >= 11 is 3.96. The molecule has 0 saturated carbocycles. The van der Waals surface area contributed by atoms with Gasteiger partial charge in [0.05, 0.1) is 12.6 Å². The van der Waals surface area contributed by atoms with Crippen LogP contribution in [0.5, 0.6) is 0 Å². The van der Waals surface area contributed by atoms with Crippen LogP contribution in [0.4, 0.5) is 0 Å². The molecular formula is C30H61N11O7S. The summed E-state index contributed by atoms with van der Waals surface area (Å²) < 4.78 is 0. The van der Waals surface area contributed by atoms with Crippen LogP contribution in [0.3, 0.4) is 0 Å². The molecule has 0 heterocycles. The molecule has 0 aromatic rings. The lowest BCUT2D eigenvalue weighted by Gasteiger charge is -2.27. The van der Waals surface area contributed by atoms with Gasteiger partial charge < -0.3 is 66.1 Å². The zero-order valence-corrected chi connectivity index (χ0v) is 29.4. The number of primary amides is 1. The first-order valence-electron chi connectivity index (χ1n) is 17.0. The van der Waals surface area contributed by atoms with Gasteiger partial charge in [-0.05, 0) is 103 Å². The molecular weight excluding hydrogens is 658 g/mol. The number of nitrogens with one attached hydrogen (secondary N) is 5. The van der Waals surface area contributed by atoms with E-state index >= 15 is 0 Å². The number of aliphatic hydroxyl groups excluding tert-OH is 1. The van der Waals surface area contributed by atoms with Crippen molar-refractivity contribution in [2.75, 3.05) is 38.5 Å². The molecule has 6 amide bonds. The molecule has 0 aliphatic heterocycles. The Morgan fingerprint density at radius 1 is 0.490 bits per heavy atom. The van der Waals surface area contributed by atoms with E-state index < -0.39 is 78.3 Å². The average molecular weight is 720 g/mol. The highest BCUT2D eigenvalue weighted by molar-refractivity contribution is 7.80. The lowest BCUT2D eigenvalue weighted by molar-refractivity contribution is -0.135. The van der Waals surface area contributed by atoms with Gasteiger partial charge in [0, 0.05) is 5.75 Å². The second kappa shape index (κ2) is 27.7. The normalized spacial score (nSPS) is 14.8. The van der Waals surface area contributed by atoms with Crippen molar-refractivity contribution in [1.29, 1.82) is 0 Å². The maximum Gasteiger partial charge on any atom is 0.245 e. The molecule has 18 N–H and O–H groups in total. The van der Waals surface area contributed by atoms with Gasteiger partial charge in [-0.25, -0.2) is 0 Å². The second-order valence-electron chi connectivity index (χ2n) is 11.8. The quantitative estimate of drug-likeness (QED) is 0.0258. The van der Waals surface area contributed by atoms with Crippen LogP contribution in [-0.4, -0.2) is 115 Å². The first-order valence-corrected chi connectivity index (χ1v) is 17.6.